The van der Waals surface area contributed by atoms with Crippen molar-refractivity contribution in [2.45, 2.75) is 88.7 Å². The van der Waals surface area contributed by atoms with Gasteiger partial charge in [0, 0.05) is 99.2 Å². The van der Waals surface area contributed by atoms with Gasteiger partial charge < -0.3 is 30.9 Å². The van der Waals surface area contributed by atoms with Gasteiger partial charge in [-0.2, -0.15) is 5.10 Å². The fourth-order valence-corrected chi connectivity index (χ4v) is 13.6. The van der Waals surface area contributed by atoms with E-state index in [1.165, 1.54) is 17.4 Å². The van der Waals surface area contributed by atoms with E-state index >= 15 is 4.39 Å². The second kappa shape index (κ2) is 22.1. The number of likely N-dealkylation sites (tertiary alicyclic amines) is 1. The van der Waals surface area contributed by atoms with Gasteiger partial charge in [-0.15, -0.1) is 21.0 Å². The molecule has 18 nitrogen and oxygen atoms in total. The summed E-state index contributed by atoms with van der Waals surface area (Å²) in [5, 5.41) is 24.1. The third-order valence-corrected chi connectivity index (χ3v) is 18.0. The van der Waals surface area contributed by atoms with Gasteiger partial charge in [0.15, 0.2) is 5.60 Å². The molecule has 4 bridgehead atoms. The highest BCUT2D eigenvalue weighted by atomic mass is 35.5. The Morgan fingerprint density at radius 1 is 0.852 bits per heavy atom. The predicted octanol–water partition coefficient (Wildman–Crippen LogP) is 8.47. The molecule has 8 aromatic rings. The zero-order valence-electron chi connectivity index (χ0n) is 44.6. The monoisotopic (exact) mass is 1130 g/mol. The Morgan fingerprint density at radius 3 is 2.41 bits per heavy atom. The van der Waals surface area contributed by atoms with Crippen molar-refractivity contribution in [3.05, 3.63) is 125 Å². The van der Waals surface area contributed by atoms with Crippen LogP contribution in [-0.2, 0) is 35.3 Å². The maximum Gasteiger partial charge on any atom is 0.340 e. The second-order valence-corrected chi connectivity index (χ2v) is 22.8. The molecule has 1 atom stereocenters. The molecule has 0 saturated carbocycles. The lowest BCUT2D eigenvalue weighted by Crippen LogP contribution is -2.65. The van der Waals surface area contributed by atoms with Crippen LogP contribution >= 0.6 is 22.9 Å². The number of halogens is 2. The summed E-state index contributed by atoms with van der Waals surface area (Å²) in [6.07, 6.45) is 4.03. The maximum atomic E-state index is 16.2. The van der Waals surface area contributed by atoms with Crippen molar-refractivity contribution in [2.24, 2.45) is 0 Å². The van der Waals surface area contributed by atoms with Crippen LogP contribution in [0.15, 0.2) is 103 Å². The second-order valence-electron chi connectivity index (χ2n) is 21.4. The molecule has 2 fully saturated rings. The van der Waals surface area contributed by atoms with Crippen molar-refractivity contribution in [1.82, 2.24) is 50.1 Å². The van der Waals surface area contributed by atoms with E-state index in [2.05, 4.69) is 21.3 Å². The summed E-state index contributed by atoms with van der Waals surface area (Å²) >= 11 is 7.99. The average molecular weight is 1130 g/mol. The average Bonchev–Trinajstić information content (AvgIpc) is 4.29. The van der Waals surface area contributed by atoms with Gasteiger partial charge in [0.25, 0.3) is 5.91 Å². The van der Waals surface area contributed by atoms with Crippen LogP contribution in [0.2, 0.25) is 5.02 Å². The Morgan fingerprint density at radius 2 is 1.60 bits per heavy atom. The number of anilines is 1. The zero-order chi connectivity index (χ0) is 56.0. The summed E-state index contributed by atoms with van der Waals surface area (Å²) in [7, 11) is 0. The number of hydrogen-bond acceptors (Lipinski definition) is 11. The number of unbranched alkanes of at least 4 members (excludes halogenated alkanes) is 1. The minimum Gasteiger partial charge on any atom is -0.477 e. The molecule has 416 valence electrons. The molecule has 81 heavy (non-hydrogen) atoms. The van der Waals surface area contributed by atoms with Gasteiger partial charge in [-0.25, -0.2) is 14.2 Å². The van der Waals surface area contributed by atoms with Gasteiger partial charge >= 0.3 is 5.91 Å². The standard InChI is InChI=1S/C60H59ClFN11O7S/c1-2-63-52(76)35-71-47-17-9-13-39-41-32-48-37(31-44(41)62)34-66-72(48)73(29-21-36(22-30-73)55(69-71)54(39)47)53(77)20-19-50(74)64-25-7-8-26-65-59(79)60(80-49-18-6-4-12-40(49)57-68-46-16-10-14-43(61)56(46)81-57)23-27-70(28-24-60)58(78)42-33-51(75)67-45-15-5-3-11-38(42)45/h3-6,9-18,31-32,34,36,42H,2,7-8,19-30,33,35H2,1H3,(H3-,63,64,65,67,74,75,76,79)/p+1. The molecular weight excluding hydrogens is 1070 g/mol. The van der Waals surface area contributed by atoms with Crippen LogP contribution < -0.4 is 30.6 Å². The third kappa shape index (κ3) is 10.1. The highest BCUT2D eigenvalue weighted by Gasteiger charge is 2.48. The number of aromatic nitrogens is 5. The molecule has 6 amide bonds. The fourth-order valence-electron chi connectivity index (χ4n) is 12.3. The van der Waals surface area contributed by atoms with Gasteiger partial charge in [0.1, 0.15) is 41.7 Å². The zero-order valence-corrected chi connectivity index (χ0v) is 46.2. The molecule has 2 saturated heterocycles. The normalized spacial score (nSPS) is 19.0. The van der Waals surface area contributed by atoms with Crippen molar-refractivity contribution < 1.29 is 37.9 Å². The Balaban J connectivity index is 0.696. The number of hydrogen-bond donors (Lipinski definition) is 4. The molecule has 0 radical (unpaired) electrons. The summed E-state index contributed by atoms with van der Waals surface area (Å²) in [5.41, 5.74) is 4.54. The molecule has 5 aliphatic rings. The number of likely N-dealkylation sites (N-methyl/N-ethyl adjacent to an activating group) is 1. The molecule has 5 aromatic carbocycles. The van der Waals surface area contributed by atoms with Gasteiger partial charge in [0.05, 0.1) is 50.5 Å². The number of nitrogens with zero attached hydrogens (tertiary/aromatic N) is 7. The first-order valence-electron chi connectivity index (χ1n) is 27.7. The first-order chi connectivity index (χ1) is 39.3. The summed E-state index contributed by atoms with van der Waals surface area (Å²) in [5.74, 6) is -2.11. The number of ether oxygens (including phenoxy) is 1. The van der Waals surface area contributed by atoms with Crippen LogP contribution in [0.4, 0.5) is 10.1 Å². The lowest BCUT2D eigenvalue weighted by atomic mass is 9.86. The highest BCUT2D eigenvalue weighted by molar-refractivity contribution is 7.22. The number of rotatable bonds is 16. The quantitative estimate of drug-likeness (QED) is 0.0535. The number of para-hydroxylation sites is 2. The number of carbonyl (C=O) groups is 6. The number of fused-ring (bicyclic) bond motifs is 4. The van der Waals surface area contributed by atoms with Crippen molar-refractivity contribution in [3.63, 3.8) is 0 Å². The van der Waals surface area contributed by atoms with Crippen LogP contribution in [0, 0.1) is 5.82 Å². The molecule has 4 N–H and O–H groups in total. The number of carbonyl (C=O) groups excluding carboxylic acids is 6. The van der Waals surface area contributed by atoms with Crippen molar-refractivity contribution in [3.8, 4) is 27.4 Å². The summed E-state index contributed by atoms with van der Waals surface area (Å²) in [6, 6.07) is 29.1. The minimum atomic E-state index is -1.37. The lowest BCUT2D eigenvalue weighted by molar-refractivity contribution is -0.147. The topological polar surface area (TPSA) is 212 Å². The smallest absolute Gasteiger partial charge is 0.340 e. The summed E-state index contributed by atoms with van der Waals surface area (Å²) < 4.78 is 25.4. The first kappa shape index (κ1) is 53.6. The molecule has 8 heterocycles. The third-order valence-electron chi connectivity index (χ3n) is 16.5. The minimum absolute atomic E-state index is 0.00893. The van der Waals surface area contributed by atoms with Crippen LogP contribution in [0.25, 0.3) is 53.7 Å². The van der Waals surface area contributed by atoms with E-state index in [1.54, 1.807) is 32.7 Å². The summed E-state index contributed by atoms with van der Waals surface area (Å²) in [4.78, 5) is 90.8. The SMILES string of the molecule is CCNC(=O)Cn1nc2c3c(cccc31)-c1cc3c(cnn3[N+]3(C(=O)CCC(=O)NCCCCNC(=O)C4(Oc5ccccc5-c5nc6cccc(Cl)c6s5)CCN(C(=O)C5CC(=O)Nc6ccccc65)CC4)CCC2CC3)cc1F. The van der Waals surface area contributed by atoms with E-state index < -0.39 is 17.3 Å². The summed E-state index contributed by atoms with van der Waals surface area (Å²) in [6.45, 7) is 4.11. The van der Waals surface area contributed by atoms with Crippen LogP contribution in [-0.4, -0.2) is 116 Å². The molecular formula is C60H60ClFN11O7S+. The predicted molar refractivity (Wildman–Crippen MR) is 308 cm³/mol. The van der Waals surface area contributed by atoms with Gasteiger partial charge in [-0.05, 0) is 79.4 Å². The Hall–Kier alpha value is -8.07. The van der Waals surface area contributed by atoms with Crippen LogP contribution in [0.1, 0.15) is 87.8 Å². The Kier molecular flexibility index (Phi) is 14.6. The van der Waals surface area contributed by atoms with Crippen molar-refractivity contribution in [2.75, 3.05) is 51.1 Å². The van der Waals surface area contributed by atoms with E-state index in [9.17, 15) is 28.8 Å². The molecule has 0 aliphatic carbocycles. The fraction of sp³-hybridized carbons (Fsp3) is 0.350. The first-order valence-corrected chi connectivity index (χ1v) is 28.9. The number of benzene rings is 5. The highest BCUT2D eigenvalue weighted by Crippen LogP contribution is 2.44. The van der Waals surface area contributed by atoms with E-state index in [4.69, 9.17) is 31.5 Å². The lowest BCUT2D eigenvalue weighted by Gasteiger charge is -2.42. The number of thiazole rings is 1. The van der Waals surface area contributed by atoms with Gasteiger partial charge in [-0.1, -0.05) is 64.9 Å². The number of nitrogens with one attached hydrogen (secondary N) is 4. The number of quaternary nitrogens is 1. The van der Waals surface area contributed by atoms with E-state index in [0.717, 1.165) is 32.4 Å². The van der Waals surface area contributed by atoms with E-state index in [1.807, 2.05) is 85.8 Å². The Bertz CT molecular complexity index is 3820. The van der Waals surface area contributed by atoms with E-state index in [0.29, 0.717) is 101 Å². The molecule has 0 spiro atoms. The molecule has 21 heteroatoms. The van der Waals surface area contributed by atoms with Crippen molar-refractivity contribution >= 4 is 96.1 Å². The molecule has 5 aliphatic heterocycles. The van der Waals surface area contributed by atoms with Gasteiger partial charge in [-0.3, -0.25) is 28.7 Å². The van der Waals surface area contributed by atoms with Gasteiger partial charge in [0.2, 0.25) is 23.6 Å². The van der Waals surface area contributed by atoms with Crippen molar-refractivity contribution in [1.29, 1.82) is 0 Å². The maximum absolute atomic E-state index is 16.2. The van der Waals surface area contributed by atoms with E-state index in [-0.39, 0.29) is 104 Å². The molecule has 1 unspecified atom stereocenters. The van der Waals surface area contributed by atoms with Crippen LogP contribution in [0.5, 0.6) is 5.75 Å². The van der Waals surface area contributed by atoms with Crippen LogP contribution in [0.3, 0.4) is 0 Å². The molecule has 3 aromatic heterocycles. The Labute approximate surface area is 474 Å². The largest absolute Gasteiger partial charge is 0.477 e. The molecule has 13 rings (SSSR count). The number of amides is 6. The number of piperidine rings is 2.